The van der Waals surface area contributed by atoms with Crippen LogP contribution in [0.5, 0.6) is 0 Å². The standard InChI is InChI=1S/C14H21N3O2S/c1-16-5-2-10-3-6-17(7-4-10)14(19)12-8-11(9-20-12)13(15)18/h8-10,16H,2-7H2,1H3,(H2,15,18). The number of nitrogens with zero attached hydrogens (tertiary/aromatic N) is 1. The molecule has 2 rings (SSSR count). The van der Waals surface area contributed by atoms with Crippen LogP contribution in [0.15, 0.2) is 11.4 Å². The first-order chi connectivity index (χ1) is 9.61. The summed E-state index contributed by atoms with van der Waals surface area (Å²) in [6.07, 6.45) is 3.28. The van der Waals surface area contributed by atoms with E-state index in [1.54, 1.807) is 11.4 Å². The molecular formula is C14H21N3O2S. The number of amides is 2. The van der Waals surface area contributed by atoms with Gasteiger partial charge in [0, 0.05) is 18.5 Å². The van der Waals surface area contributed by atoms with Crippen LogP contribution in [0.2, 0.25) is 0 Å². The number of likely N-dealkylation sites (tertiary alicyclic amines) is 1. The van der Waals surface area contributed by atoms with E-state index in [1.807, 2.05) is 11.9 Å². The van der Waals surface area contributed by atoms with Crippen molar-refractivity contribution in [3.63, 3.8) is 0 Å². The lowest BCUT2D eigenvalue weighted by Gasteiger charge is -2.31. The second kappa shape index (κ2) is 6.85. The summed E-state index contributed by atoms with van der Waals surface area (Å²) in [5.74, 6) is 0.247. The van der Waals surface area contributed by atoms with Crippen molar-refractivity contribution in [2.24, 2.45) is 11.7 Å². The van der Waals surface area contributed by atoms with Crippen LogP contribution >= 0.6 is 11.3 Å². The number of thiophene rings is 1. The Morgan fingerprint density at radius 3 is 2.70 bits per heavy atom. The van der Waals surface area contributed by atoms with E-state index in [2.05, 4.69) is 5.32 Å². The molecule has 0 radical (unpaired) electrons. The van der Waals surface area contributed by atoms with Crippen LogP contribution in [0, 0.1) is 5.92 Å². The number of rotatable bonds is 5. The van der Waals surface area contributed by atoms with E-state index in [0.717, 1.165) is 32.5 Å². The van der Waals surface area contributed by atoms with Gasteiger partial charge in [-0.15, -0.1) is 11.3 Å². The Morgan fingerprint density at radius 1 is 1.45 bits per heavy atom. The predicted octanol–water partition coefficient (Wildman–Crippen LogP) is 1.31. The molecule has 1 fully saturated rings. The smallest absolute Gasteiger partial charge is 0.263 e. The molecule has 0 saturated carbocycles. The van der Waals surface area contributed by atoms with Gasteiger partial charge in [-0.25, -0.2) is 0 Å². The fourth-order valence-electron chi connectivity index (χ4n) is 2.51. The molecule has 1 aromatic rings. The third-order valence-electron chi connectivity index (χ3n) is 3.80. The molecule has 2 heterocycles. The molecule has 1 aromatic heterocycles. The monoisotopic (exact) mass is 295 g/mol. The highest BCUT2D eigenvalue weighted by Gasteiger charge is 2.24. The van der Waals surface area contributed by atoms with Gasteiger partial charge in [-0.3, -0.25) is 9.59 Å². The van der Waals surface area contributed by atoms with Gasteiger partial charge in [0.05, 0.1) is 10.4 Å². The third kappa shape index (κ3) is 3.58. The number of hydrogen-bond donors (Lipinski definition) is 2. The van der Waals surface area contributed by atoms with Crippen molar-refractivity contribution in [1.29, 1.82) is 0 Å². The van der Waals surface area contributed by atoms with E-state index < -0.39 is 5.91 Å². The number of primary amides is 1. The van der Waals surface area contributed by atoms with E-state index >= 15 is 0 Å². The Hall–Kier alpha value is -1.40. The average Bonchev–Trinajstić information content (AvgIpc) is 2.95. The summed E-state index contributed by atoms with van der Waals surface area (Å²) in [4.78, 5) is 25.9. The van der Waals surface area contributed by atoms with Crippen LogP contribution in [0.25, 0.3) is 0 Å². The van der Waals surface area contributed by atoms with Gasteiger partial charge in [0.15, 0.2) is 0 Å². The molecule has 1 saturated heterocycles. The molecule has 6 heteroatoms. The molecular weight excluding hydrogens is 274 g/mol. The van der Waals surface area contributed by atoms with Crippen LogP contribution in [0.1, 0.15) is 39.3 Å². The highest BCUT2D eigenvalue weighted by Crippen LogP contribution is 2.23. The van der Waals surface area contributed by atoms with Crippen molar-refractivity contribution in [3.05, 3.63) is 21.9 Å². The summed E-state index contributed by atoms with van der Waals surface area (Å²) in [5, 5.41) is 4.81. The molecule has 1 aliphatic heterocycles. The van der Waals surface area contributed by atoms with Crippen LogP contribution in [-0.2, 0) is 0 Å². The van der Waals surface area contributed by atoms with Crippen molar-refractivity contribution in [2.75, 3.05) is 26.7 Å². The normalized spacial score (nSPS) is 16.4. The molecule has 3 N–H and O–H groups in total. The largest absolute Gasteiger partial charge is 0.366 e. The molecule has 0 bridgehead atoms. The zero-order valence-electron chi connectivity index (χ0n) is 11.7. The summed E-state index contributed by atoms with van der Waals surface area (Å²) < 4.78 is 0. The molecule has 110 valence electrons. The van der Waals surface area contributed by atoms with Gasteiger partial charge >= 0.3 is 0 Å². The van der Waals surface area contributed by atoms with Gasteiger partial charge in [0.25, 0.3) is 5.91 Å². The Labute approximate surface area is 123 Å². The number of carbonyl (C=O) groups is 2. The second-order valence-electron chi connectivity index (χ2n) is 5.19. The molecule has 0 unspecified atom stereocenters. The third-order valence-corrected chi connectivity index (χ3v) is 4.72. The van der Waals surface area contributed by atoms with Crippen molar-refractivity contribution in [2.45, 2.75) is 19.3 Å². The molecule has 2 amide bonds. The van der Waals surface area contributed by atoms with Crippen LogP contribution in [-0.4, -0.2) is 43.4 Å². The fourth-order valence-corrected chi connectivity index (χ4v) is 3.37. The predicted molar refractivity (Wildman–Crippen MR) is 80.0 cm³/mol. The Bertz CT molecular complexity index is 479. The first kappa shape index (κ1) is 15.0. The van der Waals surface area contributed by atoms with Crippen molar-refractivity contribution >= 4 is 23.2 Å². The van der Waals surface area contributed by atoms with Crippen molar-refractivity contribution in [3.8, 4) is 0 Å². The average molecular weight is 295 g/mol. The molecule has 1 aliphatic rings. The quantitative estimate of drug-likeness (QED) is 0.860. The van der Waals surface area contributed by atoms with E-state index in [9.17, 15) is 9.59 Å². The Balaban J connectivity index is 1.89. The summed E-state index contributed by atoms with van der Waals surface area (Å²) >= 11 is 1.29. The first-order valence-corrected chi connectivity index (χ1v) is 7.82. The lowest BCUT2D eigenvalue weighted by atomic mass is 9.93. The highest BCUT2D eigenvalue weighted by atomic mass is 32.1. The van der Waals surface area contributed by atoms with Crippen LogP contribution in [0.3, 0.4) is 0 Å². The van der Waals surface area contributed by atoms with Crippen LogP contribution < -0.4 is 11.1 Å². The minimum atomic E-state index is -0.480. The van der Waals surface area contributed by atoms with Crippen molar-refractivity contribution in [1.82, 2.24) is 10.2 Å². The van der Waals surface area contributed by atoms with E-state index in [4.69, 9.17) is 5.73 Å². The summed E-state index contributed by atoms with van der Waals surface area (Å²) in [6.45, 7) is 2.64. The topological polar surface area (TPSA) is 75.4 Å². The minimum Gasteiger partial charge on any atom is -0.366 e. The molecule has 0 aromatic carbocycles. The number of carbonyl (C=O) groups excluding carboxylic acids is 2. The lowest BCUT2D eigenvalue weighted by molar-refractivity contribution is 0.0692. The molecule has 20 heavy (non-hydrogen) atoms. The van der Waals surface area contributed by atoms with Crippen molar-refractivity contribution < 1.29 is 9.59 Å². The summed E-state index contributed by atoms with van der Waals surface area (Å²) in [7, 11) is 1.96. The van der Waals surface area contributed by atoms with Gasteiger partial charge in [-0.2, -0.15) is 0 Å². The maximum atomic E-state index is 12.3. The molecule has 0 atom stereocenters. The SMILES string of the molecule is CNCCC1CCN(C(=O)c2cc(C(N)=O)cs2)CC1. The van der Waals surface area contributed by atoms with Gasteiger partial charge < -0.3 is 16.0 Å². The first-order valence-electron chi connectivity index (χ1n) is 6.94. The number of hydrogen-bond acceptors (Lipinski definition) is 4. The van der Waals surface area contributed by atoms with E-state index in [1.165, 1.54) is 17.8 Å². The summed E-state index contributed by atoms with van der Waals surface area (Å²) in [5.41, 5.74) is 5.63. The maximum absolute atomic E-state index is 12.3. The van der Waals surface area contributed by atoms with Gasteiger partial charge in [0.2, 0.25) is 5.91 Å². The highest BCUT2D eigenvalue weighted by molar-refractivity contribution is 7.12. The fraction of sp³-hybridized carbons (Fsp3) is 0.571. The Kier molecular flexibility index (Phi) is 5.14. The van der Waals surface area contributed by atoms with Gasteiger partial charge in [-0.05, 0) is 44.8 Å². The van der Waals surface area contributed by atoms with Crippen LogP contribution in [0.4, 0.5) is 0 Å². The maximum Gasteiger partial charge on any atom is 0.263 e. The number of piperidine rings is 1. The number of nitrogens with two attached hydrogens (primary N) is 1. The zero-order chi connectivity index (χ0) is 14.5. The number of nitrogens with one attached hydrogen (secondary N) is 1. The Morgan fingerprint density at radius 2 is 2.15 bits per heavy atom. The van der Waals surface area contributed by atoms with Gasteiger partial charge in [-0.1, -0.05) is 0 Å². The zero-order valence-corrected chi connectivity index (χ0v) is 12.5. The minimum absolute atomic E-state index is 0.0227. The second-order valence-corrected chi connectivity index (χ2v) is 6.10. The van der Waals surface area contributed by atoms with Gasteiger partial charge in [0.1, 0.15) is 0 Å². The molecule has 5 nitrogen and oxygen atoms in total. The van der Waals surface area contributed by atoms with E-state index in [0.29, 0.717) is 16.4 Å². The lowest BCUT2D eigenvalue weighted by Crippen LogP contribution is -2.38. The molecule has 0 spiro atoms. The summed E-state index contributed by atoms with van der Waals surface area (Å²) in [6, 6.07) is 1.60. The van der Waals surface area contributed by atoms with E-state index in [-0.39, 0.29) is 5.91 Å². The molecule has 0 aliphatic carbocycles.